The van der Waals surface area contributed by atoms with E-state index in [4.69, 9.17) is 14.3 Å². The standard InChI is InChI=1S/C28H21N3O5S2/c1-31-27(30-28(34)36-14-16-5-3-2-4-6-16)20(13-29-31)23-12-25-24(38-23)11-22(37-25)17-7-8-19-18(10-26(32)33)15-35-21(19)9-17/h2-9,11-13,15H,10,14H2,1H3,(H,30,34)(H,32,33). The van der Waals surface area contributed by atoms with Crippen LogP contribution in [-0.4, -0.2) is 26.9 Å². The molecule has 8 nitrogen and oxygen atoms in total. The average molecular weight is 544 g/mol. The summed E-state index contributed by atoms with van der Waals surface area (Å²) >= 11 is 3.28. The maximum Gasteiger partial charge on any atom is 0.413 e. The summed E-state index contributed by atoms with van der Waals surface area (Å²) in [7, 11) is 1.77. The molecule has 38 heavy (non-hydrogen) atoms. The Bertz CT molecular complexity index is 1760. The summed E-state index contributed by atoms with van der Waals surface area (Å²) in [5, 5.41) is 17.1. The van der Waals surface area contributed by atoms with Crippen LogP contribution in [0.25, 0.3) is 41.3 Å². The number of amides is 1. The number of nitrogens with one attached hydrogen (secondary N) is 1. The number of hydrogen-bond acceptors (Lipinski definition) is 7. The molecule has 0 aliphatic rings. The topological polar surface area (TPSA) is 107 Å². The summed E-state index contributed by atoms with van der Waals surface area (Å²) in [6.07, 6.45) is 2.64. The lowest BCUT2D eigenvalue weighted by Crippen LogP contribution is -2.16. The highest BCUT2D eigenvalue weighted by molar-refractivity contribution is 7.31. The Morgan fingerprint density at radius 2 is 1.82 bits per heavy atom. The van der Waals surface area contributed by atoms with E-state index in [0.29, 0.717) is 17.0 Å². The third-order valence-corrected chi connectivity index (χ3v) is 8.50. The molecule has 0 radical (unpaired) electrons. The van der Waals surface area contributed by atoms with Gasteiger partial charge in [-0.1, -0.05) is 42.5 Å². The van der Waals surface area contributed by atoms with Crippen LogP contribution < -0.4 is 5.32 Å². The third-order valence-electron chi connectivity index (χ3n) is 6.13. The smallest absolute Gasteiger partial charge is 0.413 e. The van der Waals surface area contributed by atoms with E-state index in [9.17, 15) is 9.59 Å². The molecule has 0 aliphatic heterocycles. The molecule has 4 heterocycles. The van der Waals surface area contributed by atoms with Gasteiger partial charge in [-0.05, 0) is 29.3 Å². The Morgan fingerprint density at radius 3 is 2.61 bits per heavy atom. The number of aliphatic carboxylic acids is 1. The van der Waals surface area contributed by atoms with Crippen LogP contribution >= 0.6 is 22.7 Å². The van der Waals surface area contributed by atoms with Crippen LogP contribution in [0.3, 0.4) is 0 Å². The molecule has 0 bridgehead atoms. The Morgan fingerprint density at radius 1 is 1.05 bits per heavy atom. The van der Waals surface area contributed by atoms with Crippen molar-refractivity contribution in [2.24, 2.45) is 7.05 Å². The maximum absolute atomic E-state index is 12.5. The van der Waals surface area contributed by atoms with Crippen molar-refractivity contribution in [2.45, 2.75) is 13.0 Å². The number of aromatic nitrogens is 2. The van der Waals surface area contributed by atoms with Gasteiger partial charge in [-0.3, -0.25) is 14.8 Å². The molecule has 2 aromatic carbocycles. The quantitative estimate of drug-likeness (QED) is 0.221. The van der Waals surface area contributed by atoms with E-state index in [0.717, 1.165) is 41.2 Å². The van der Waals surface area contributed by atoms with Crippen LogP contribution in [0.2, 0.25) is 0 Å². The molecule has 1 amide bonds. The van der Waals surface area contributed by atoms with Crippen LogP contribution in [0.1, 0.15) is 11.1 Å². The predicted molar refractivity (Wildman–Crippen MR) is 149 cm³/mol. The van der Waals surface area contributed by atoms with Crippen molar-refractivity contribution in [3.05, 3.63) is 84.3 Å². The Hall–Kier alpha value is -4.41. The second-order valence-corrected chi connectivity index (χ2v) is 10.9. The number of anilines is 1. The van der Waals surface area contributed by atoms with Gasteiger partial charge in [0.25, 0.3) is 0 Å². The highest BCUT2D eigenvalue weighted by atomic mass is 32.1. The molecular formula is C28H21N3O5S2. The molecule has 6 rings (SSSR count). The summed E-state index contributed by atoms with van der Waals surface area (Å²) in [4.78, 5) is 25.6. The van der Waals surface area contributed by atoms with Crippen molar-refractivity contribution in [3.8, 4) is 20.9 Å². The van der Waals surface area contributed by atoms with Gasteiger partial charge in [0.1, 0.15) is 18.0 Å². The first kappa shape index (κ1) is 24.0. The monoisotopic (exact) mass is 543 g/mol. The largest absolute Gasteiger partial charge is 0.481 e. The minimum Gasteiger partial charge on any atom is -0.481 e. The van der Waals surface area contributed by atoms with Gasteiger partial charge in [-0.25, -0.2) is 4.79 Å². The lowest BCUT2D eigenvalue weighted by Gasteiger charge is -2.09. The minimum absolute atomic E-state index is 0.0696. The predicted octanol–water partition coefficient (Wildman–Crippen LogP) is 7.15. The van der Waals surface area contributed by atoms with Crippen LogP contribution in [0.15, 0.2) is 77.5 Å². The number of benzene rings is 2. The number of carbonyl (C=O) groups excluding carboxylic acids is 1. The van der Waals surface area contributed by atoms with Crippen LogP contribution in [0, 0.1) is 0 Å². The lowest BCUT2D eigenvalue weighted by atomic mass is 10.1. The van der Waals surface area contributed by atoms with Gasteiger partial charge in [0.2, 0.25) is 0 Å². The van der Waals surface area contributed by atoms with Gasteiger partial charge >= 0.3 is 12.1 Å². The lowest BCUT2D eigenvalue weighted by molar-refractivity contribution is -0.136. The van der Waals surface area contributed by atoms with Crippen molar-refractivity contribution in [1.82, 2.24) is 9.78 Å². The number of rotatable bonds is 7. The number of furan rings is 1. The molecule has 0 aliphatic carbocycles. The van der Waals surface area contributed by atoms with E-state index >= 15 is 0 Å². The summed E-state index contributed by atoms with van der Waals surface area (Å²) in [5.74, 6) is -0.320. The fourth-order valence-corrected chi connectivity index (χ4v) is 6.67. The summed E-state index contributed by atoms with van der Waals surface area (Å²) in [6.45, 7) is 0.183. The second-order valence-electron chi connectivity index (χ2n) is 8.71. The number of ether oxygens (including phenoxy) is 1. The number of carbonyl (C=O) groups is 2. The van der Waals surface area contributed by atoms with E-state index in [2.05, 4.69) is 22.5 Å². The third kappa shape index (κ3) is 4.67. The number of fused-ring (bicyclic) bond motifs is 2. The zero-order chi connectivity index (χ0) is 26.2. The summed E-state index contributed by atoms with van der Waals surface area (Å²) < 4.78 is 14.9. The average Bonchev–Trinajstić information content (AvgIpc) is 3.67. The molecule has 4 aromatic heterocycles. The fourth-order valence-electron chi connectivity index (χ4n) is 4.27. The number of carboxylic acids is 1. The van der Waals surface area contributed by atoms with E-state index in [1.165, 1.54) is 6.26 Å². The zero-order valence-electron chi connectivity index (χ0n) is 20.1. The van der Waals surface area contributed by atoms with Gasteiger partial charge in [0, 0.05) is 37.2 Å². The fraction of sp³-hybridized carbons (Fsp3) is 0.107. The van der Waals surface area contributed by atoms with Crippen molar-refractivity contribution >= 4 is 60.9 Å². The molecular weight excluding hydrogens is 522 g/mol. The van der Waals surface area contributed by atoms with E-state index < -0.39 is 12.1 Å². The molecule has 10 heteroatoms. The first-order valence-electron chi connectivity index (χ1n) is 11.7. The molecule has 0 atom stereocenters. The normalized spacial score (nSPS) is 11.3. The number of aryl methyl sites for hydroxylation is 1. The minimum atomic E-state index is -0.887. The van der Waals surface area contributed by atoms with Gasteiger partial charge < -0.3 is 14.3 Å². The van der Waals surface area contributed by atoms with Gasteiger partial charge in [0.05, 0.1) is 24.4 Å². The summed E-state index contributed by atoms with van der Waals surface area (Å²) in [5.41, 5.74) is 4.08. The van der Waals surface area contributed by atoms with E-state index in [1.807, 2.05) is 48.5 Å². The molecule has 0 fully saturated rings. The van der Waals surface area contributed by atoms with E-state index in [1.54, 1.807) is 40.6 Å². The number of carboxylic acid groups (broad SMARTS) is 1. The Balaban J connectivity index is 1.22. The van der Waals surface area contributed by atoms with Crippen LogP contribution in [-0.2, 0) is 29.6 Å². The van der Waals surface area contributed by atoms with Crippen molar-refractivity contribution in [1.29, 1.82) is 0 Å². The highest BCUT2D eigenvalue weighted by Crippen LogP contribution is 2.43. The van der Waals surface area contributed by atoms with Crippen LogP contribution in [0.4, 0.5) is 10.6 Å². The first-order chi connectivity index (χ1) is 18.4. The highest BCUT2D eigenvalue weighted by Gasteiger charge is 2.18. The van der Waals surface area contributed by atoms with Crippen molar-refractivity contribution < 1.29 is 23.8 Å². The van der Waals surface area contributed by atoms with Crippen molar-refractivity contribution in [2.75, 3.05) is 5.32 Å². The molecule has 0 saturated heterocycles. The molecule has 6 aromatic rings. The second kappa shape index (κ2) is 9.81. The Kier molecular flexibility index (Phi) is 6.18. The van der Waals surface area contributed by atoms with Gasteiger partial charge in [-0.2, -0.15) is 5.10 Å². The van der Waals surface area contributed by atoms with Crippen LogP contribution in [0.5, 0.6) is 0 Å². The Labute approximate surface area is 224 Å². The van der Waals surface area contributed by atoms with E-state index in [-0.39, 0.29) is 13.0 Å². The maximum atomic E-state index is 12.5. The first-order valence-corrected chi connectivity index (χ1v) is 13.3. The molecule has 0 saturated carbocycles. The van der Waals surface area contributed by atoms with Gasteiger partial charge in [0.15, 0.2) is 0 Å². The zero-order valence-corrected chi connectivity index (χ0v) is 21.8. The number of hydrogen-bond donors (Lipinski definition) is 2. The molecule has 190 valence electrons. The van der Waals surface area contributed by atoms with Crippen molar-refractivity contribution in [3.63, 3.8) is 0 Å². The molecule has 0 unspecified atom stereocenters. The number of nitrogens with zero attached hydrogens (tertiary/aromatic N) is 2. The number of thiophene rings is 2. The summed E-state index contributed by atoms with van der Waals surface area (Å²) in [6, 6.07) is 19.6. The van der Waals surface area contributed by atoms with Gasteiger partial charge in [-0.15, -0.1) is 22.7 Å². The molecule has 0 spiro atoms. The SMILES string of the molecule is Cn1ncc(-c2cc3sc(-c4ccc5c(CC(=O)O)coc5c4)cc3s2)c1NC(=O)OCc1ccccc1. The molecule has 2 N–H and O–H groups in total.